The van der Waals surface area contributed by atoms with E-state index in [1.807, 2.05) is 94.1 Å². The highest BCUT2D eigenvalue weighted by Gasteiger charge is 2.33. The van der Waals surface area contributed by atoms with Gasteiger partial charge in [-0.2, -0.15) is 39.5 Å². The van der Waals surface area contributed by atoms with Gasteiger partial charge in [0.15, 0.2) is 0 Å². The summed E-state index contributed by atoms with van der Waals surface area (Å²) in [7, 11) is 0. The van der Waals surface area contributed by atoms with Crippen LogP contribution in [0.2, 0.25) is 0 Å². The van der Waals surface area contributed by atoms with Crippen molar-refractivity contribution in [3.05, 3.63) is 191 Å². The molecule has 0 atom stereocenters. The first kappa shape index (κ1) is 38.8. The molecule has 0 aliphatic rings. The first-order valence-corrected chi connectivity index (χ1v) is 19.9. The maximum Gasteiger partial charge on any atom is 0.416 e. The molecule has 0 unspecified atom stereocenters. The third-order valence-electron chi connectivity index (χ3n) is 11.7. The summed E-state index contributed by atoms with van der Waals surface area (Å²) in [5.41, 5.74) is 7.55. The molecule has 10 aromatic rings. The van der Waals surface area contributed by atoms with E-state index in [9.17, 15) is 39.5 Å². The largest absolute Gasteiger partial charge is 0.416 e. The topological polar surface area (TPSA) is 129 Å². The predicted octanol–water partition coefficient (Wildman–Crippen LogP) is 13.3. The molecule has 0 amide bonds. The van der Waals surface area contributed by atoms with Crippen LogP contribution in [0.4, 0.5) is 13.2 Å². The van der Waals surface area contributed by atoms with E-state index in [1.165, 1.54) is 12.1 Å². The summed E-state index contributed by atoms with van der Waals surface area (Å²) in [6.45, 7) is 0. The molecule has 64 heavy (non-hydrogen) atoms. The number of hydrogen-bond donors (Lipinski definition) is 0. The molecule has 0 N–H and O–H groups in total. The van der Waals surface area contributed by atoms with Gasteiger partial charge in [-0.1, -0.05) is 66.7 Å². The van der Waals surface area contributed by atoms with Gasteiger partial charge < -0.3 is 9.13 Å². The van der Waals surface area contributed by atoms with Gasteiger partial charge in [0, 0.05) is 32.7 Å². The molecule has 0 aliphatic heterocycles. The lowest BCUT2D eigenvalue weighted by atomic mass is 9.94. The molecule has 2 heterocycles. The second-order valence-electron chi connectivity index (χ2n) is 15.2. The highest BCUT2D eigenvalue weighted by molar-refractivity contribution is 6.13. The fourth-order valence-corrected chi connectivity index (χ4v) is 8.93. The molecule has 0 saturated heterocycles. The van der Waals surface area contributed by atoms with Crippen molar-refractivity contribution in [2.45, 2.75) is 6.18 Å². The molecular formula is C54H26F3N7. The highest BCUT2D eigenvalue weighted by atomic mass is 19.4. The number of fused-ring (bicyclic) bond motifs is 6. The standard InChI is InChI=1S/C54H26F3N7/c55-54(56,57)39-16-21-51(63-47-9-3-1-7-42(47)44-24-34(14-19-49(44)63)40-17-12-32(27-58)22-37(40)30-61)46(26-39)53-36(29-60)6-5-11-52(53)64-48-10-4-2-8-43(48)45-25-35(15-20-50(45)64)41-18-13-33(28-59)23-38(41)31-62/h1-26H. The van der Waals surface area contributed by atoms with Gasteiger partial charge in [-0.15, -0.1) is 0 Å². The number of alkyl halides is 3. The molecule has 0 aliphatic carbocycles. The summed E-state index contributed by atoms with van der Waals surface area (Å²) in [5.74, 6) is 0. The number of nitriles is 5. The summed E-state index contributed by atoms with van der Waals surface area (Å²) in [5, 5.41) is 53.0. The van der Waals surface area contributed by atoms with Crippen LogP contribution in [0.25, 0.3) is 88.4 Å². The molecule has 10 rings (SSSR count). The second kappa shape index (κ2) is 14.9. The van der Waals surface area contributed by atoms with Crippen molar-refractivity contribution >= 4 is 43.6 Å². The Morgan fingerprint density at radius 1 is 0.375 bits per heavy atom. The zero-order valence-corrected chi connectivity index (χ0v) is 33.3. The van der Waals surface area contributed by atoms with Crippen molar-refractivity contribution in [1.82, 2.24) is 9.13 Å². The third kappa shape index (κ3) is 6.09. The summed E-state index contributed by atoms with van der Waals surface area (Å²) in [6, 6.07) is 56.1. The maximum atomic E-state index is 14.9. The van der Waals surface area contributed by atoms with Crippen molar-refractivity contribution < 1.29 is 13.2 Å². The fraction of sp³-hybridized carbons (Fsp3) is 0.0185. The van der Waals surface area contributed by atoms with E-state index in [2.05, 4.69) is 30.3 Å². The highest BCUT2D eigenvalue weighted by Crippen LogP contribution is 2.45. The lowest BCUT2D eigenvalue weighted by Crippen LogP contribution is -2.08. The summed E-state index contributed by atoms with van der Waals surface area (Å²) in [6.07, 6.45) is -4.72. The molecule has 0 saturated carbocycles. The summed E-state index contributed by atoms with van der Waals surface area (Å²) < 4.78 is 48.5. The van der Waals surface area contributed by atoms with Crippen LogP contribution < -0.4 is 0 Å². The maximum absolute atomic E-state index is 14.9. The van der Waals surface area contributed by atoms with Gasteiger partial charge in [0.25, 0.3) is 0 Å². The SMILES string of the molecule is N#Cc1ccc(-c2ccc3c(c2)c2ccccc2n3-c2ccc(C(F)(F)F)cc2-c2c(C#N)cccc2-n2c3ccccc3c3cc(-c4ccc(C#N)cc4C#N)ccc32)c(C#N)c1. The van der Waals surface area contributed by atoms with Crippen molar-refractivity contribution in [3.63, 3.8) is 0 Å². The zero-order chi connectivity index (χ0) is 44.3. The van der Waals surface area contributed by atoms with E-state index in [4.69, 9.17) is 0 Å². The number of halogens is 3. The van der Waals surface area contributed by atoms with E-state index in [-0.39, 0.29) is 16.7 Å². The Labute approximate surface area is 363 Å². The van der Waals surface area contributed by atoms with Crippen LogP contribution in [0.3, 0.4) is 0 Å². The van der Waals surface area contributed by atoms with Gasteiger partial charge in [-0.25, -0.2) is 0 Å². The smallest absolute Gasteiger partial charge is 0.309 e. The van der Waals surface area contributed by atoms with Crippen LogP contribution in [0.5, 0.6) is 0 Å². The monoisotopic (exact) mass is 829 g/mol. The number of benzene rings is 8. The first-order chi connectivity index (χ1) is 31.1. The molecule has 8 aromatic carbocycles. The van der Waals surface area contributed by atoms with Crippen LogP contribution in [-0.4, -0.2) is 9.13 Å². The molecule has 298 valence electrons. The van der Waals surface area contributed by atoms with Crippen LogP contribution in [-0.2, 0) is 6.18 Å². The van der Waals surface area contributed by atoms with Crippen LogP contribution in [0.1, 0.15) is 33.4 Å². The van der Waals surface area contributed by atoms with Crippen molar-refractivity contribution in [3.8, 4) is 75.1 Å². The Morgan fingerprint density at radius 3 is 1.38 bits per heavy atom. The lowest BCUT2D eigenvalue weighted by molar-refractivity contribution is -0.137. The normalized spacial score (nSPS) is 11.3. The fourth-order valence-electron chi connectivity index (χ4n) is 8.93. The van der Waals surface area contributed by atoms with E-state index in [0.717, 1.165) is 50.3 Å². The number of para-hydroxylation sites is 2. The molecule has 0 spiro atoms. The van der Waals surface area contributed by atoms with E-state index in [0.29, 0.717) is 61.3 Å². The zero-order valence-electron chi connectivity index (χ0n) is 33.3. The van der Waals surface area contributed by atoms with Gasteiger partial charge in [0.2, 0.25) is 0 Å². The summed E-state index contributed by atoms with van der Waals surface area (Å²) >= 11 is 0. The molecule has 0 bridgehead atoms. The number of nitrogens with zero attached hydrogens (tertiary/aromatic N) is 7. The number of aromatic nitrogens is 2. The van der Waals surface area contributed by atoms with Crippen molar-refractivity contribution in [2.24, 2.45) is 0 Å². The Kier molecular flexibility index (Phi) is 9.06. The molecule has 0 fully saturated rings. The average Bonchev–Trinajstić information content (AvgIpc) is 3.84. The van der Waals surface area contributed by atoms with Crippen LogP contribution in [0, 0.1) is 56.7 Å². The van der Waals surface area contributed by atoms with Crippen LogP contribution in [0.15, 0.2) is 158 Å². The molecular weight excluding hydrogens is 804 g/mol. The van der Waals surface area contributed by atoms with Gasteiger partial charge in [0.1, 0.15) is 0 Å². The predicted molar refractivity (Wildman–Crippen MR) is 240 cm³/mol. The quantitative estimate of drug-likeness (QED) is 0.171. The van der Waals surface area contributed by atoms with E-state index in [1.54, 1.807) is 48.5 Å². The van der Waals surface area contributed by atoms with E-state index < -0.39 is 11.7 Å². The minimum Gasteiger partial charge on any atom is -0.309 e. The van der Waals surface area contributed by atoms with Crippen molar-refractivity contribution in [1.29, 1.82) is 26.3 Å². The molecule has 2 aromatic heterocycles. The lowest BCUT2D eigenvalue weighted by Gasteiger charge is -2.21. The Morgan fingerprint density at radius 2 is 0.875 bits per heavy atom. The second-order valence-corrected chi connectivity index (χ2v) is 15.2. The van der Waals surface area contributed by atoms with Crippen molar-refractivity contribution in [2.75, 3.05) is 0 Å². The molecule has 0 radical (unpaired) electrons. The molecule has 7 nitrogen and oxygen atoms in total. The van der Waals surface area contributed by atoms with E-state index >= 15 is 0 Å². The van der Waals surface area contributed by atoms with Gasteiger partial charge in [-0.05, 0) is 113 Å². The minimum atomic E-state index is -4.72. The first-order valence-electron chi connectivity index (χ1n) is 19.9. The summed E-state index contributed by atoms with van der Waals surface area (Å²) in [4.78, 5) is 0. The number of hydrogen-bond acceptors (Lipinski definition) is 5. The minimum absolute atomic E-state index is 0.157. The van der Waals surface area contributed by atoms with Gasteiger partial charge >= 0.3 is 6.18 Å². The Bertz CT molecular complexity index is 3850. The van der Waals surface area contributed by atoms with Crippen LogP contribution >= 0.6 is 0 Å². The molecule has 10 heteroatoms. The Balaban J connectivity index is 1.26. The number of rotatable bonds is 5. The van der Waals surface area contributed by atoms with Gasteiger partial charge in [-0.3, -0.25) is 0 Å². The average molecular weight is 830 g/mol. The van der Waals surface area contributed by atoms with Gasteiger partial charge in [0.05, 0.1) is 97.2 Å². The Hall–Kier alpha value is -9.40. The third-order valence-corrected chi connectivity index (χ3v) is 11.7.